The van der Waals surface area contributed by atoms with Crippen molar-refractivity contribution in [1.82, 2.24) is 5.32 Å². The lowest BCUT2D eigenvalue weighted by Gasteiger charge is -2.06. The van der Waals surface area contributed by atoms with Gasteiger partial charge in [0, 0.05) is 20.3 Å². The summed E-state index contributed by atoms with van der Waals surface area (Å²) in [6.45, 7) is 1.91. The van der Waals surface area contributed by atoms with Gasteiger partial charge >= 0.3 is 0 Å². The van der Waals surface area contributed by atoms with E-state index in [1.165, 1.54) is 12.1 Å². The van der Waals surface area contributed by atoms with Crippen molar-refractivity contribution in [1.29, 1.82) is 5.26 Å². The third-order valence-corrected chi connectivity index (χ3v) is 4.54. The average molecular weight is 296 g/mol. The molecule has 0 saturated heterocycles. The molecular weight excluding hydrogens is 276 g/mol. The van der Waals surface area contributed by atoms with E-state index in [4.69, 9.17) is 10.00 Å². The first-order valence-corrected chi connectivity index (χ1v) is 8.18. The quantitative estimate of drug-likeness (QED) is 0.696. The van der Waals surface area contributed by atoms with Crippen LogP contribution in [0.1, 0.15) is 18.4 Å². The lowest BCUT2D eigenvalue weighted by Crippen LogP contribution is -2.24. The highest BCUT2D eigenvalue weighted by molar-refractivity contribution is 7.91. The molecule has 0 heterocycles. The topological polar surface area (TPSA) is 79.2 Å². The average Bonchev–Trinajstić information content (AvgIpc) is 2.46. The SMILES string of the molecule is COCCCCNCCS(=O)(=O)c1cccc(C#N)c1. The summed E-state index contributed by atoms with van der Waals surface area (Å²) in [6.07, 6.45) is 1.91. The number of benzene rings is 1. The van der Waals surface area contributed by atoms with E-state index >= 15 is 0 Å². The second kappa shape index (κ2) is 8.69. The van der Waals surface area contributed by atoms with Gasteiger partial charge in [0.25, 0.3) is 0 Å². The zero-order valence-electron chi connectivity index (χ0n) is 11.6. The number of hydrogen-bond donors (Lipinski definition) is 1. The van der Waals surface area contributed by atoms with Crippen LogP contribution in [0.2, 0.25) is 0 Å². The molecular formula is C14H20N2O3S. The lowest BCUT2D eigenvalue weighted by molar-refractivity contribution is 0.192. The zero-order valence-corrected chi connectivity index (χ0v) is 12.4. The minimum Gasteiger partial charge on any atom is -0.385 e. The first-order chi connectivity index (χ1) is 9.60. The van der Waals surface area contributed by atoms with Crippen LogP contribution < -0.4 is 5.32 Å². The van der Waals surface area contributed by atoms with E-state index in [1.54, 1.807) is 19.2 Å². The number of hydrogen-bond acceptors (Lipinski definition) is 5. The van der Waals surface area contributed by atoms with Gasteiger partial charge in [0.15, 0.2) is 9.84 Å². The molecule has 0 aliphatic carbocycles. The van der Waals surface area contributed by atoms with Gasteiger partial charge in [-0.1, -0.05) is 6.07 Å². The number of unbranched alkanes of at least 4 members (excludes halogenated alkanes) is 1. The summed E-state index contributed by atoms with van der Waals surface area (Å²) in [7, 11) is -1.67. The number of nitrogens with zero attached hydrogens (tertiary/aromatic N) is 1. The molecule has 110 valence electrons. The molecule has 0 aliphatic heterocycles. The summed E-state index contributed by atoms with van der Waals surface area (Å²) >= 11 is 0. The Bertz CT molecular complexity index is 550. The van der Waals surface area contributed by atoms with E-state index in [0.717, 1.165) is 26.0 Å². The standard InChI is InChI=1S/C14H20N2O3S/c1-19-9-3-2-7-16-8-10-20(17,18)14-6-4-5-13(11-14)12-15/h4-6,11,16H,2-3,7-10H2,1H3. The number of rotatable bonds is 9. The molecule has 0 aliphatic rings. The molecule has 0 saturated carbocycles. The van der Waals surface area contributed by atoms with Crippen molar-refractivity contribution in [2.75, 3.05) is 32.6 Å². The third kappa shape index (κ3) is 5.70. The molecule has 0 unspecified atom stereocenters. The molecule has 5 nitrogen and oxygen atoms in total. The van der Waals surface area contributed by atoms with Crippen molar-refractivity contribution in [2.24, 2.45) is 0 Å². The fourth-order valence-corrected chi connectivity index (χ4v) is 2.95. The predicted molar refractivity (Wildman–Crippen MR) is 77.2 cm³/mol. The molecule has 6 heteroatoms. The number of ether oxygens (including phenoxy) is 1. The number of nitrogens with one attached hydrogen (secondary N) is 1. The Morgan fingerprint density at radius 3 is 2.80 bits per heavy atom. The van der Waals surface area contributed by atoms with Crippen LogP contribution in [-0.2, 0) is 14.6 Å². The minimum atomic E-state index is -3.33. The Labute approximate surface area is 120 Å². The summed E-state index contributed by atoms with van der Waals surface area (Å²) < 4.78 is 29.1. The molecule has 0 bridgehead atoms. The van der Waals surface area contributed by atoms with Gasteiger partial charge in [-0.25, -0.2) is 8.42 Å². The van der Waals surface area contributed by atoms with E-state index in [9.17, 15) is 8.42 Å². The highest BCUT2D eigenvalue weighted by atomic mass is 32.2. The Balaban J connectivity index is 2.40. The van der Waals surface area contributed by atoms with Crippen molar-refractivity contribution >= 4 is 9.84 Å². The number of methoxy groups -OCH3 is 1. The lowest BCUT2D eigenvalue weighted by atomic mass is 10.2. The molecule has 0 radical (unpaired) electrons. The molecule has 0 atom stereocenters. The van der Waals surface area contributed by atoms with Crippen LogP contribution in [0.3, 0.4) is 0 Å². The number of sulfone groups is 1. The zero-order chi connectivity index (χ0) is 14.8. The molecule has 0 amide bonds. The van der Waals surface area contributed by atoms with E-state index in [0.29, 0.717) is 12.1 Å². The highest BCUT2D eigenvalue weighted by Gasteiger charge is 2.14. The maximum absolute atomic E-state index is 12.1. The minimum absolute atomic E-state index is 0.0339. The van der Waals surface area contributed by atoms with Crippen molar-refractivity contribution in [3.63, 3.8) is 0 Å². The summed E-state index contributed by atoms with van der Waals surface area (Å²) in [6, 6.07) is 8.05. The Kier molecular flexibility index (Phi) is 7.23. The molecule has 1 aromatic carbocycles. The normalized spacial score (nSPS) is 11.2. The second-order valence-corrected chi connectivity index (χ2v) is 6.52. The largest absolute Gasteiger partial charge is 0.385 e. The fourth-order valence-electron chi connectivity index (χ4n) is 1.70. The van der Waals surface area contributed by atoms with Gasteiger partial charge in [0.05, 0.1) is 22.3 Å². The third-order valence-electron chi connectivity index (χ3n) is 2.82. The van der Waals surface area contributed by atoms with Gasteiger partial charge in [-0.3, -0.25) is 0 Å². The maximum Gasteiger partial charge on any atom is 0.179 e. The first-order valence-electron chi connectivity index (χ1n) is 6.53. The molecule has 1 N–H and O–H groups in total. The summed E-state index contributed by atoms with van der Waals surface area (Å²) in [5, 5.41) is 11.9. The van der Waals surface area contributed by atoms with Gasteiger partial charge in [-0.2, -0.15) is 5.26 Å². The Hall–Kier alpha value is -1.42. The molecule has 1 aromatic rings. The van der Waals surface area contributed by atoms with E-state index in [2.05, 4.69) is 5.32 Å². The predicted octanol–water partition coefficient (Wildman–Crippen LogP) is 1.35. The molecule has 0 aromatic heterocycles. The molecule has 0 spiro atoms. The van der Waals surface area contributed by atoms with E-state index < -0.39 is 9.84 Å². The summed E-state index contributed by atoms with van der Waals surface area (Å²) in [4.78, 5) is 0.206. The molecule has 0 fully saturated rings. The smallest absolute Gasteiger partial charge is 0.179 e. The van der Waals surface area contributed by atoms with Crippen molar-refractivity contribution < 1.29 is 13.2 Å². The Morgan fingerprint density at radius 2 is 2.10 bits per heavy atom. The molecule has 20 heavy (non-hydrogen) atoms. The second-order valence-electron chi connectivity index (χ2n) is 4.41. The van der Waals surface area contributed by atoms with Crippen LogP contribution in [0, 0.1) is 11.3 Å². The van der Waals surface area contributed by atoms with Gasteiger partial charge in [0.1, 0.15) is 0 Å². The highest BCUT2D eigenvalue weighted by Crippen LogP contribution is 2.12. The summed E-state index contributed by atoms with van der Waals surface area (Å²) in [5.41, 5.74) is 0.360. The van der Waals surface area contributed by atoms with Crippen LogP contribution in [0.5, 0.6) is 0 Å². The van der Waals surface area contributed by atoms with Gasteiger partial charge in [0.2, 0.25) is 0 Å². The monoisotopic (exact) mass is 296 g/mol. The molecule has 1 rings (SSSR count). The van der Waals surface area contributed by atoms with Crippen LogP contribution in [0.15, 0.2) is 29.2 Å². The van der Waals surface area contributed by atoms with Crippen LogP contribution >= 0.6 is 0 Å². The van der Waals surface area contributed by atoms with Crippen LogP contribution in [0.4, 0.5) is 0 Å². The number of nitriles is 1. The van der Waals surface area contributed by atoms with Crippen molar-refractivity contribution in [3.05, 3.63) is 29.8 Å². The van der Waals surface area contributed by atoms with Gasteiger partial charge < -0.3 is 10.1 Å². The maximum atomic E-state index is 12.1. The first kappa shape index (κ1) is 16.6. The van der Waals surface area contributed by atoms with Crippen LogP contribution in [-0.4, -0.2) is 41.0 Å². The van der Waals surface area contributed by atoms with Crippen molar-refractivity contribution in [2.45, 2.75) is 17.7 Å². The van der Waals surface area contributed by atoms with Gasteiger partial charge in [-0.05, 0) is 37.6 Å². The summed E-state index contributed by atoms with van der Waals surface area (Å²) in [5.74, 6) is 0.0339. The Morgan fingerprint density at radius 1 is 1.30 bits per heavy atom. The van der Waals surface area contributed by atoms with Crippen molar-refractivity contribution in [3.8, 4) is 6.07 Å². The van der Waals surface area contributed by atoms with E-state index in [1.807, 2.05) is 6.07 Å². The fraction of sp³-hybridized carbons (Fsp3) is 0.500. The van der Waals surface area contributed by atoms with E-state index in [-0.39, 0.29) is 10.6 Å². The van der Waals surface area contributed by atoms with Gasteiger partial charge in [-0.15, -0.1) is 0 Å². The van der Waals surface area contributed by atoms with Crippen LogP contribution in [0.25, 0.3) is 0 Å².